The quantitative estimate of drug-likeness (QED) is 0.920. The van der Waals surface area contributed by atoms with Gasteiger partial charge in [0.25, 0.3) is 5.56 Å². The SMILES string of the molecule is O=c1cc(C2CCCC2)nc(C2Cc3ccccc3O2)[nH]1. The number of aromatic amines is 1. The van der Waals surface area contributed by atoms with E-state index in [0.717, 1.165) is 30.7 Å². The smallest absolute Gasteiger partial charge is 0.251 e. The van der Waals surface area contributed by atoms with Gasteiger partial charge in [-0.3, -0.25) is 4.79 Å². The number of rotatable bonds is 2. The molecule has 1 fully saturated rings. The van der Waals surface area contributed by atoms with Crippen molar-refractivity contribution in [3.8, 4) is 5.75 Å². The maximum absolute atomic E-state index is 11.9. The van der Waals surface area contributed by atoms with Crippen LogP contribution in [0.3, 0.4) is 0 Å². The van der Waals surface area contributed by atoms with Crippen LogP contribution in [0.5, 0.6) is 5.75 Å². The summed E-state index contributed by atoms with van der Waals surface area (Å²) in [4.78, 5) is 19.5. The first-order valence-electron chi connectivity index (χ1n) is 7.65. The molecule has 1 atom stereocenters. The second-order valence-corrected chi connectivity index (χ2v) is 5.96. The van der Waals surface area contributed by atoms with Crippen molar-refractivity contribution < 1.29 is 4.74 Å². The molecular weight excluding hydrogens is 264 g/mol. The molecule has 1 saturated carbocycles. The van der Waals surface area contributed by atoms with Crippen LogP contribution >= 0.6 is 0 Å². The van der Waals surface area contributed by atoms with Crippen LogP contribution in [0.2, 0.25) is 0 Å². The molecule has 0 radical (unpaired) electrons. The summed E-state index contributed by atoms with van der Waals surface area (Å²) in [6.45, 7) is 0. The van der Waals surface area contributed by atoms with Crippen LogP contribution in [0.25, 0.3) is 0 Å². The van der Waals surface area contributed by atoms with Crippen molar-refractivity contribution in [1.82, 2.24) is 9.97 Å². The lowest BCUT2D eigenvalue weighted by Crippen LogP contribution is -2.18. The summed E-state index contributed by atoms with van der Waals surface area (Å²) in [5.74, 6) is 2.01. The third kappa shape index (κ3) is 2.35. The molecular formula is C17H18N2O2. The number of ether oxygens (including phenoxy) is 1. The summed E-state index contributed by atoms with van der Waals surface area (Å²) in [5, 5.41) is 0. The second kappa shape index (κ2) is 5.02. The van der Waals surface area contributed by atoms with Crippen LogP contribution in [-0.4, -0.2) is 9.97 Å². The van der Waals surface area contributed by atoms with Crippen LogP contribution in [0, 0.1) is 0 Å². The highest BCUT2D eigenvalue weighted by molar-refractivity contribution is 5.38. The van der Waals surface area contributed by atoms with Crippen molar-refractivity contribution in [3.63, 3.8) is 0 Å². The van der Waals surface area contributed by atoms with E-state index in [2.05, 4.69) is 11.1 Å². The van der Waals surface area contributed by atoms with E-state index in [1.54, 1.807) is 6.07 Å². The fourth-order valence-corrected chi connectivity index (χ4v) is 3.41. The highest BCUT2D eigenvalue weighted by Crippen LogP contribution is 2.36. The lowest BCUT2D eigenvalue weighted by Gasteiger charge is -2.13. The molecule has 2 heterocycles. The molecule has 0 amide bonds. The van der Waals surface area contributed by atoms with Gasteiger partial charge < -0.3 is 9.72 Å². The first-order chi connectivity index (χ1) is 10.3. The number of hydrogen-bond donors (Lipinski definition) is 1. The number of hydrogen-bond acceptors (Lipinski definition) is 3. The number of fused-ring (bicyclic) bond motifs is 1. The van der Waals surface area contributed by atoms with Crippen molar-refractivity contribution in [2.75, 3.05) is 0 Å². The lowest BCUT2D eigenvalue weighted by atomic mass is 10.0. The first kappa shape index (κ1) is 12.6. The molecule has 1 N–H and O–H groups in total. The standard InChI is InChI=1S/C17H18N2O2/c20-16-10-13(11-5-1-2-6-11)18-17(19-16)15-9-12-7-3-4-8-14(12)21-15/h3-4,7-8,10-11,15H,1-2,5-6,9H2,(H,18,19,20). The topological polar surface area (TPSA) is 55.0 Å². The van der Waals surface area contributed by atoms with E-state index in [1.807, 2.05) is 18.2 Å². The van der Waals surface area contributed by atoms with Crippen molar-refractivity contribution in [3.05, 3.63) is 57.8 Å². The number of H-pyrrole nitrogens is 1. The van der Waals surface area contributed by atoms with Crippen molar-refractivity contribution in [2.45, 2.75) is 44.1 Å². The van der Waals surface area contributed by atoms with Gasteiger partial charge in [-0.2, -0.15) is 0 Å². The van der Waals surface area contributed by atoms with Crippen LogP contribution in [-0.2, 0) is 6.42 Å². The monoisotopic (exact) mass is 282 g/mol. The molecule has 108 valence electrons. The Bertz CT molecular complexity index is 692. The van der Waals surface area contributed by atoms with E-state index >= 15 is 0 Å². The molecule has 0 saturated heterocycles. The first-order valence-corrected chi connectivity index (χ1v) is 7.65. The lowest BCUT2D eigenvalue weighted by molar-refractivity contribution is 0.226. The normalized spacial score (nSPS) is 21.2. The predicted octanol–water partition coefficient (Wildman–Crippen LogP) is 3.10. The minimum Gasteiger partial charge on any atom is -0.482 e. The van der Waals surface area contributed by atoms with Crippen molar-refractivity contribution >= 4 is 0 Å². The summed E-state index contributed by atoms with van der Waals surface area (Å²) in [7, 11) is 0. The van der Waals surface area contributed by atoms with Gasteiger partial charge in [0.2, 0.25) is 0 Å². The Morgan fingerprint density at radius 3 is 2.81 bits per heavy atom. The van der Waals surface area contributed by atoms with Crippen molar-refractivity contribution in [1.29, 1.82) is 0 Å². The molecule has 1 aliphatic carbocycles. The summed E-state index contributed by atoms with van der Waals surface area (Å²) in [6.07, 6.45) is 5.35. The van der Waals surface area contributed by atoms with Gasteiger partial charge in [-0.05, 0) is 24.5 Å². The molecule has 1 aromatic heterocycles. The van der Waals surface area contributed by atoms with Gasteiger partial charge in [0.05, 0.1) is 5.69 Å². The second-order valence-electron chi connectivity index (χ2n) is 5.96. The minimum atomic E-state index is -0.170. The van der Waals surface area contributed by atoms with E-state index < -0.39 is 0 Å². The zero-order valence-corrected chi connectivity index (χ0v) is 11.8. The minimum absolute atomic E-state index is 0.0681. The maximum atomic E-state index is 11.9. The van der Waals surface area contributed by atoms with Gasteiger partial charge in [-0.1, -0.05) is 31.0 Å². The predicted molar refractivity (Wildman–Crippen MR) is 79.6 cm³/mol. The molecule has 0 spiro atoms. The van der Waals surface area contributed by atoms with Gasteiger partial charge in [-0.25, -0.2) is 4.98 Å². The number of nitrogens with one attached hydrogen (secondary N) is 1. The molecule has 0 bridgehead atoms. The van der Waals surface area contributed by atoms with Gasteiger partial charge in [0.1, 0.15) is 5.75 Å². The fourth-order valence-electron chi connectivity index (χ4n) is 3.41. The Morgan fingerprint density at radius 2 is 2.00 bits per heavy atom. The average Bonchev–Trinajstić information content (AvgIpc) is 3.16. The number of benzene rings is 1. The Labute approximate surface area is 123 Å². The number of nitrogens with zero attached hydrogens (tertiary/aromatic N) is 1. The third-order valence-corrected chi connectivity index (χ3v) is 4.51. The van der Waals surface area contributed by atoms with E-state index in [-0.39, 0.29) is 11.7 Å². The molecule has 2 aliphatic rings. The summed E-state index contributed by atoms with van der Waals surface area (Å²) >= 11 is 0. The third-order valence-electron chi connectivity index (χ3n) is 4.51. The van der Waals surface area contributed by atoms with Gasteiger partial charge in [0.15, 0.2) is 11.9 Å². The Balaban J connectivity index is 1.65. The zero-order chi connectivity index (χ0) is 14.2. The Morgan fingerprint density at radius 1 is 1.19 bits per heavy atom. The van der Waals surface area contributed by atoms with Crippen LogP contribution < -0.4 is 10.3 Å². The Kier molecular flexibility index (Phi) is 3.02. The number of para-hydroxylation sites is 1. The fraction of sp³-hybridized carbons (Fsp3) is 0.412. The largest absolute Gasteiger partial charge is 0.482 e. The van der Waals surface area contributed by atoms with Crippen molar-refractivity contribution in [2.24, 2.45) is 0 Å². The van der Waals surface area contributed by atoms with E-state index in [4.69, 9.17) is 9.72 Å². The van der Waals surface area contributed by atoms with Gasteiger partial charge in [0, 0.05) is 18.4 Å². The average molecular weight is 282 g/mol. The molecule has 1 aromatic carbocycles. The summed E-state index contributed by atoms with van der Waals surface area (Å²) in [6, 6.07) is 9.66. The Hall–Kier alpha value is -2.10. The zero-order valence-electron chi connectivity index (χ0n) is 11.8. The summed E-state index contributed by atoms with van der Waals surface area (Å²) in [5.41, 5.74) is 2.05. The van der Waals surface area contributed by atoms with E-state index in [0.29, 0.717) is 11.7 Å². The maximum Gasteiger partial charge on any atom is 0.251 e. The highest BCUT2D eigenvalue weighted by Gasteiger charge is 2.27. The van der Waals surface area contributed by atoms with Crippen LogP contribution in [0.15, 0.2) is 35.1 Å². The molecule has 4 rings (SSSR count). The van der Waals surface area contributed by atoms with Gasteiger partial charge in [-0.15, -0.1) is 0 Å². The number of aromatic nitrogens is 2. The molecule has 4 nitrogen and oxygen atoms in total. The molecule has 2 aromatic rings. The molecule has 4 heteroatoms. The highest BCUT2D eigenvalue weighted by atomic mass is 16.5. The molecule has 1 aliphatic heterocycles. The van der Waals surface area contributed by atoms with Crippen LogP contribution in [0.4, 0.5) is 0 Å². The molecule has 1 unspecified atom stereocenters. The molecule has 21 heavy (non-hydrogen) atoms. The summed E-state index contributed by atoms with van der Waals surface area (Å²) < 4.78 is 5.93. The van der Waals surface area contributed by atoms with Crippen LogP contribution in [0.1, 0.15) is 54.8 Å². The van der Waals surface area contributed by atoms with Gasteiger partial charge >= 0.3 is 0 Å². The van der Waals surface area contributed by atoms with E-state index in [1.165, 1.54) is 18.4 Å². The van der Waals surface area contributed by atoms with E-state index in [9.17, 15) is 4.79 Å².